The van der Waals surface area contributed by atoms with Crippen LogP contribution in [0.15, 0.2) is 24.3 Å². The molecule has 2 rings (SSSR count). The van der Waals surface area contributed by atoms with E-state index in [1.54, 1.807) is 0 Å². The van der Waals surface area contributed by atoms with E-state index in [4.69, 9.17) is 17.3 Å². The van der Waals surface area contributed by atoms with Gasteiger partial charge in [-0.3, -0.25) is 9.69 Å². The van der Waals surface area contributed by atoms with Crippen LogP contribution in [0.25, 0.3) is 0 Å². The van der Waals surface area contributed by atoms with E-state index in [-0.39, 0.29) is 24.2 Å². The lowest BCUT2D eigenvalue weighted by Crippen LogP contribution is -2.47. The fourth-order valence-electron chi connectivity index (χ4n) is 2.86. The standard InChI is InChI=1S/C18H29ClN4O.ClH/c1-14(2)17(20)18(24)21-8-5-9-22-10-12-23(13-11-22)16-7-4-3-6-15(16)19;/h3-4,6-7,14,17H,5,8-13,20H2,1-2H3,(H,21,24);1H/t17-;/m0./s1. The molecule has 1 fully saturated rings. The second-order valence-electron chi connectivity index (χ2n) is 6.69. The monoisotopic (exact) mass is 388 g/mol. The molecular weight excluding hydrogens is 359 g/mol. The van der Waals surface area contributed by atoms with Crippen LogP contribution in [-0.4, -0.2) is 56.1 Å². The molecule has 1 heterocycles. The van der Waals surface area contributed by atoms with Crippen LogP contribution < -0.4 is 16.0 Å². The Morgan fingerprint density at radius 2 is 1.88 bits per heavy atom. The van der Waals surface area contributed by atoms with E-state index in [0.717, 1.165) is 49.9 Å². The number of nitrogens with zero attached hydrogens (tertiary/aromatic N) is 2. The highest BCUT2D eigenvalue weighted by molar-refractivity contribution is 6.33. The number of para-hydroxylation sites is 1. The summed E-state index contributed by atoms with van der Waals surface area (Å²) in [7, 11) is 0. The number of nitrogens with two attached hydrogens (primary N) is 1. The smallest absolute Gasteiger partial charge is 0.237 e. The van der Waals surface area contributed by atoms with Crippen molar-refractivity contribution in [2.45, 2.75) is 26.3 Å². The van der Waals surface area contributed by atoms with Crippen molar-refractivity contribution in [1.82, 2.24) is 10.2 Å². The van der Waals surface area contributed by atoms with Crippen LogP contribution in [0.4, 0.5) is 5.69 Å². The fourth-order valence-corrected chi connectivity index (χ4v) is 3.11. The lowest BCUT2D eigenvalue weighted by Gasteiger charge is -2.36. The molecule has 1 aromatic rings. The van der Waals surface area contributed by atoms with Crippen molar-refractivity contribution >= 4 is 35.6 Å². The first-order valence-electron chi connectivity index (χ1n) is 8.74. The van der Waals surface area contributed by atoms with Crippen molar-refractivity contribution < 1.29 is 4.79 Å². The Balaban J connectivity index is 0.00000312. The number of anilines is 1. The highest BCUT2D eigenvalue weighted by atomic mass is 35.5. The van der Waals surface area contributed by atoms with E-state index in [1.165, 1.54) is 0 Å². The second kappa shape index (κ2) is 10.9. The molecule has 1 atom stereocenters. The van der Waals surface area contributed by atoms with Gasteiger partial charge in [-0.15, -0.1) is 12.4 Å². The van der Waals surface area contributed by atoms with E-state index < -0.39 is 6.04 Å². The quantitative estimate of drug-likeness (QED) is 0.703. The maximum Gasteiger partial charge on any atom is 0.237 e. The summed E-state index contributed by atoms with van der Waals surface area (Å²) in [4.78, 5) is 16.6. The molecule has 0 bridgehead atoms. The summed E-state index contributed by atoms with van der Waals surface area (Å²) in [6, 6.07) is 7.59. The number of benzene rings is 1. The van der Waals surface area contributed by atoms with E-state index in [2.05, 4.69) is 21.2 Å². The van der Waals surface area contributed by atoms with Gasteiger partial charge < -0.3 is 16.0 Å². The average Bonchev–Trinajstić information content (AvgIpc) is 2.59. The molecule has 0 aliphatic carbocycles. The molecule has 142 valence electrons. The zero-order valence-corrected chi connectivity index (χ0v) is 16.7. The molecule has 0 radical (unpaired) electrons. The minimum atomic E-state index is -0.413. The van der Waals surface area contributed by atoms with Gasteiger partial charge in [0.2, 0.25) is 5.91 Å². The topological polar surface area (TPSA) is 61.6 Å². The summed E-state index contributed by atoms with van der Waals surface area (Å²) in [6.07, 6.45) is 0.947. The largest absolute Gasteiger partial charge is 0.368 e. The summed E-state index contributed by atoms with van der Waals surface area (Å²) in [6.45, 7) is 9.60. The van der Waals surface area contributed by atoms with Gasteiger partial charge in [0, 0.05) is 32.7 Å². The molecule has 25 heavy (non-hydrogen) atoms. The Kier molecular flexibility index (Phi) is 9.57. The van der Waals surface area contributed by atoms with Gasteiger partial charge in [-0.25, -0.2) is 0 Å². The number of hydrogen-bond acceptors (Lipinski definition) is 4. The Hall–Kier alpha value is -1.01. The molecular formula is C18H30Cl2N4O. The van der Waals surface area contributed by atoms with Crippen molar-refractivity contribution in [2.24, 2.45) is 11.7 Å². The Bertz CT molecular complexity index is 534. The van der Waals surface area contributed by atoms with E-state index in [1.807, 2.05) is 32.0 Å². The zero-order valence-electron chi connectivity index (χ0n) is 15.1. The van der Waals surface area contributed by atoms with Crippen LogP contribution in [0, 0.1) is 5.92 Å². The molecule has 1 aromatic carbocycles. The van der Waals surface area contributed by atoms with E-state index in [0.29, 0.717) is 6.54 Å². The van der Waals surface area contributed by atoms with Crippen LogP contribution in [0.5, 0.6) is 0 Å². The summed E-state index contributed by atoms with van der Waals surface area (Å²) in [5.41, 5.74) is 6.95. The summed E-state index contributed by atoms with van der Waals surface area (Å²) in [5, 5.41) is 3.74. The number of rotatable bonds is 7. The molecule has 7 heteroatoms. The SMILES string of the molecule is CC(C)[C@H](N)C(=O)NCCCN1CCN(c2ccccc2Cl)CC1.Cl. The minimum Gasteiger partial charge on any atom is -0.368 e. The van der Waals surface area contributed by atoms with Gasteiger partial charge in [0.25, 0.3) is 0 Å². The maximum absolute atomic E-state index is 11.8. The van der Waals surface area contributed by atoms with Crippen LogP contribution >= 0.6 is 24.0 Å². The van der Waals surface area contributed by atoms with Gasteiger partial charge >= 0.3 is 0 Å². The first kappa shape index (κ1) is 22.0. The minimum absolute atomic E-state index is 0. The molecule has 1 aliphatic rings. The third-order valence-corrected chi connectivity index (χ3v) is 4.86. The Labute approximate surface area is 162 Å². The lowest BCUT2D eigenvalue weighted by atomic mass is 10.1. The molecule has 0 aromatic heterocycles. The van der Waals surface area contributed by atoms with Crippen molar-refractivity contribution in [2.75, 3.05) is 44.2 Å². The molecule has 1 amide bonds. The van der Waals surface area contributed by atoms with Gasteiger partial charge in [0.1, 0.15) is 0 Å². The number of hydrogen-bond donors (Lipinski definition) is 2. The zero-order chi connectivity index (χ0) is 17.5. The van der Waals surface area contributed by atoms with Crippen molar-refractivity contribution in [3.8, 4) is 0 Å². The molecule has 1 saturated heterocycles. The number of carbonyl (C=O) groups excluding carboxylic acids is 1. The van der Waals surface area contributed by atoms with E-state index in [9.17, 15) is 4.79 Å². The number of nitrogens with one attached hydrogen (secondary N) is 1. The predicted molar refractivity (Wildman–Crippen MR) is 108 cm³/mol. The first-order chi connectivity index (χ1) is 11.5. The molecule has 3 N–H and O–H groups in total. The van der Waals surface area contributed by atoms with Crippen molar-refractivity contribution in [3.63, 3.8) is 0 Å². The van der Waals surface area contributed by atoms with Gasteiger partial charge in [0.05, 0.1) is 16.8 Å². The van der Waals surface area contributed by atoms with Gasteiger partial charge in [-0.05, 0) is 31.0 Å². The van der Waals surface area contributed by atoms with Gasteiger partial charge in [-0.1, -0.05) is 37.6 Å². The van der Waals surface area contributed by atoms with E-state index >= 15 is 0 Å². The summed E-state index contributed by atoms with van der Waals surface area (Å²) in [5.74, 6) is 0.122. The normalized spacial score (nSPS) is 16.4. The fraction of sp³-hybridized carbons (Fsp3) is 0.611. The first-order valence-corrected chi connectivity index (χ1v) is 9.12. The summed E-state index contributed by atoms with van der Waals surface area (Å²) < 4.78 is 0. The number of amides is 1. The molecule has 0 spiro atoms. The lowest BCUT2D eigenvalue weighted by molar-refractivity contribution is -0.123. The van der Waals surface area contributed by atoms with Crippen LogP contribution in [0.3, 0.4) is 0 Å². The maximum atomic E-state index is 11.8. The number of carbonyl (C=O) groups is 1. The number of piperazine rings is 1. The highest BCUT2D eigenvalue weighted by Gasteiger charge is 2.19. The third-order valence-electron chi connectivity index (χ3n) is 4.54. The molecule has 0 unspecified atom stereocenters. The highest BCUT2D eigenvalue weighted by Crippen LogP contribution is 2.25. The Morgan fingerprint density at radius 1 is 1.24 bits per heavy atom. The van der Waals surface area contributed by atoms with Crippen LogP contribution in [0.2, 0.25) is 5.02 Å². The van der Waals surface area contributed by atoms with Crippen LogP contribution in [0.1, 0.15) is 20.3 Å². The molecule has 5 nitrogen and oxygen atoms in total. The summed E-state index contributed by atoms with van der Waals surface area (Å²) >= 11 is 6.27. The second-order valence-corrected chi connectivity index (χ2v) is 7.10. The van der Waals surface area contributed by atoms with Gasteiger partial charge in [0.15, 0.2) is 0 Å². The van der Waals surface area contributed by atoms with Crippen molar-refractivity contribution in [3.05, 3.63) is 29.3 Å². The molecule has 1 aliphatic heterocycles. The average molecular weight is 389 g/mol. The molecule has 0 saturated carbocycles. The van der Waals surface area contributed by atoms with Crippen molar-refractivity contribution in [1.29, 1.82) is 0 Å². The third kappa shape index (κ3) is 6.66. The van der Waals surface area contributed by atoms with Crippen LogP contribution in [-0.2, 0) is 4.79 Å². The van der Waals surface area contributed by atoms with Gasteiger partial charge in [-0.2, -0.15) is 0 Å². The predicted octanol–water partition coefficient (Wildman–Crippen LogP) is 2.37. The Morgan fingerprint density at radius 3 is 2.48 bits per heavy atom. The number of halogens is 2.